The summed E-state index contributed by atoms with van der Waals surface area (Å²) in [5, 5.41) is 2.95. The maximum atomic E-state index is 12.2. The van der Waals surface area contributed by atoms with Crippen LogP contribution in [-0.4, -0.2) is 15.9 Å². The Bertz CT molecular complexity index is 581. The molecule has 2 rings (SSSR count). The summed E-state index contributed by atoms with van der Waals surface area (Å²) >= 11 is 0. The van der Waals surface area contributed by atoms with Crippen molar-refractivity contribution < 1.29 is 4.79 Å². The van der Waals surface area contributed by atoms with Gasteiger partial charge in [-0.3, -0.25) is 4.79 Å². The van der Waals surface area contributed by atoms with Crippen LogP contribution < -0.4 is 5.32 Å². The van der Waals surface area contributed by atoms with Gasteiger partial charge in [-0.1, -0.05) is 30.3 Å². The van der Waals surface area contributed by atoms with E-state index in [2.05, 4.69) is 15.3 Å². The number of carbonyl (C=O) groups is 1. The third-order valence-corrected chi connectivity index (χ3v) is 2.99. The quantitative estimate of drug-likeness (QED) is 0.917. The first-order valence-electron chi connectivity index (χ1n) is 6.24. The lowest BCUT2D eigenvalue weighted by Gasteiger charge is -2.14. The normalized spacial score (nSPS) is 11.9. The number of hydrogen-bond acceptors (Lipinski definition) is 3. The Morgan fingerprint density at radius 3 is 2.53 bits per heavy atom. The molecular weight excluding hydrogens is 238 g/mol. The molecule has 0 aliphatic carbocycles. The molecule has 4 heteroatoms. The van der Waals surface area contributed by atoms with Crippen LogP contribution in [0.1, 0.15) is 40.4 Å². The van der Waals surface area contributed by atoms with Gasteiger partial charge in [0, 0.05) is 6.20 Å². The van der Waals surface area contributed by atoms with Crippen molar-refractivity contribution in [3.63, 3.8) is 0 Å². The highest BCUT2D eigenvalue weighted by Gasteiger charge is 2.14. The molecule has 0 saturated carbocycles. The van der Waals surface area contributed by atoms with E-state index >= 15 is 0 Å². The van der Waals surface area contributed by atoms with Crippen LogP contribution in [0.4, 0.5) is 0 Å². The summed E-state index contributed by atoms with van der Waals surface area (Å²) in [6, 6.07) is 9.80. The molecule has 0 fully saturated rings. The summed E-state index contributed by atoms with van der Waals surface area (Å²) in [6.45, 7) is 5.58. The van der Waals surface area contributed by atoms with Crippen molar-refractivity contribution >= 4 is 5.91 Å². The minimum absolute atomic E-state index is 0.0468. The van der Waals surface area contributed by atoms with Crippen LogP contribution in [0.2, 0.25) is 0 Å². The van der Waals surface area contributed by atoms with Crippen molar-refractivity contribution in [3.8, 4) is 0 Å². The van der Waals surface area contributed by atoms with Crippen LogP contribution in [-0.2, 0) is 0 Å². The number of aryl methyl sites for hydroxylation is 2. The Morgan fingerprint density at radius 1 is 1.21 bits per heavy atom. The van der Waals surface area contributed by atoms with Gasteiger partial charge in [-0.15, -0.1) is 0 Å². The van der Waals surface area contributed by atoms with Crippen LogP contribution in [0.25, 0.3) is 0 Å². The minimum Gasteiger partial charge on any atom is -0.345 e. The number of amides is 1. The zero-order valence-electron chi connectivity index (χ0n) is 11.3. The molecule has 0 bridgehead atoms. The number of nitrogens with one attached hydrogen (secondary N) is 1. The van der Waals surface area contributed by atoms with Crippen molar-refractivity contribution in [2.75, 3.05) is 0 Å². The second-order valence-corrected chi connectivity index (χ2v) is 4.52. The van der Waals surface area contributed by atoms with Crippen molar-refractivity contribution in [1.82, 2.24) is 15.3 Å². The van der Waals surface area contributed by atoms with Crippen LogP contribution in [0.3, 0.4) is 0 Å². The Labute approximate surface area is 112 Å². The molecule has 0 unspecified atom stereocenters. The van der Waals surface area contributed by atoms with Gasteiger partial charge in [0.15, 0.2) is 0 Å². The van der Waals surface area contributed by atoms with Crippen molar-refractivity contribution in [3.05, 3.63) is 59.2 Å². The molecule has 19 heavy (non-hydrogen) atoms. The molecule has 4 nitrogen and oxygen atoms in total. The summed E-state index contributed by atoms with van der Waals surface area (Å²) < 4.78 is 0. The van der Waals surface area contributed by atoms with Crippen molar-refractivity contribution in [1.29, 1.82) is 0 Å². The smallest absolute Gasteiger partial charge is 0.255 e. The van der Waals surface area contributed by atoms with Gasteiger partial charge in [-0.2, -0.15) is 0 Å². The Hall–Kier alpha value is -2.23. The molecule has 1 atom stereocenters. The molecule has 0 aliphatic heterocycles. The van der Waals surface area contributed by atoms with Crippen LogP contribution in [0.15, 0.2) is 36.5 Å². The second kappa shape index (κ2) is 5.61. The number of carbonyl (C=O) groups excluding carboxylic acids is 1. The maximum absolute atomic E-state index is 12.2. The first-order chi connectivity index (χ1) is 9.08. The fourth-order valence-electron chi connectivity index (χ4n) is 1.91. The lowest BCUT2D eigenvalue weighted by Crippen LogP contribution is -2.27. The predicted octanol–water partition coefficient (Wildman–Crippen LogP) is 2.58. The molecule has 0 radical (unpaired) electrons. The van der Waals surface area contributed by atoms with E-state index in [0.717, 1.165) is 5.56 Å². The largest absolute Gasteiger partial charge is 0.345 e. The van der Waals surface area contributed by atoms with E-state index in [0.29, 0.717) is 17.1 Å². The SMILES string of the molecule is Cc1ncc(C(=O)N[C@H](C)c2ccccc2)c(C)n1. The molecular formula is C15H17N3O. The molecule has 1 heterocycles. The summed E-state index contributed by atoms with van der Waals surface area (Å²) in [5.74, 6) is 0.527. The fourth-order valence-corrected chi connectivity index (χ4v) is 1.91. The van der Waals surface area contributed by atoms with Gasteiger partial charge in [-0.05, 0) is 26.3 Å². The zero-order valence-corrected chi connectivity index (χ0v) is 11.3. The van der Waals surface area contributed by atoms with E-state index in [1.165, 1.54) is 0 Å². The summed E-state index contributed by atoms with van der Waals surface area (Å²) in [5.41, 5.74) is 2.29. The minimum atomic E-state index is -0.145. The van der Waals surface area contributed by atoms with Gasteiger partial charge in [0.1, 0.15) is 5.82 Å². The number of benzene rings is 1. The lowest BCUT2D eigenvalue weighted by atomic mass is 10.1. The summed E-state index contributed by atoms with van der Waals surface area (Å²) in [6.07, 6.45) is 1.57. The van der Waals surface area contributed by atoms with Crippen molar-refractivity contribution in [2.24, 2.45) is 0 Å². The number of rotatable bonds is 3. The number of nitrogens with zero attached hydrogens (tertiary/aromatic N) is 2. The van der Waals surface area contributed by atoms with Gasteiger partial charge in [0.25, 0.3) is 5.91 Å². The number of hydrogen-bond donors (Lipinski definition) is 1. The molecule has 1 aromatic heterocycles. The Morgan fingerprint density at radius 2 is 1.89 bits per heavy atom. The predicted molar refractivity (Wildman–Crippen MR) is 73.8 cm³/mol. The lowest BCUT2D eigenvalue weighted by molar-refractivity contribution is 0.0938. The van der Waals surface area contributed by atoms with Crippen LogP contribution in [0.5, 0.6) is 0 Å². The maximum Gasteiger partial charge on any atom is 0.255 e. The Kier molecular flexibility index (Phi) is 3.90. The molecule has 1 amide bonds. The number of aromatic nitrogens is 2. The zero-order chi connectivity index (χ0) is 13.8. The van der Waals surface area contributed by atoms with Gasteiger partial charge >= 0.3 is 0 Å². The van der Waals surface area contributed by atoms with Gasteiger partial charge in [0.05, 0.1) is 17.3 Å². The van der Waals surface area contributed by atoms with Gasteiger partial charge in [0.2, 0.25) is 0 Å². The molecule has 1 aromatic carbocycles. The first-order valence-corrected chi connectivity index (χ1v) is 6.24. The third-order valence-electron chi connectivity index (χ3n) is 2.99. The van der Waals surface area contributed by atoms with Gasteiger partial charge in [-0.25, -0.2) is 9.97 Å². The third kappa shape index (κ3) is 3.16. The van der Waals surface area contributed by atoms with Crippen molar-refractivity contribution in [2.45, 2.75) is 26.8 Å². The van der Waals surface area contributed by atoms with E-state index in [-0.39, 0.29) is 11.9 Å². The first kappa shape index (κ1) is 13.2. The second-order valence-electron chi connectivity index (χ2n) is 4.52. The van der Waals surface area contributed by atoms with E-state index in [9.17, 15) is 4.79 Å². The summed E-state index contributed by atoms with van der Waals surface area (Å²) in [7, 11) is 0. The van der Waals surface area contributed by atoms with E-state index in [1.54, 1.807) is 13.1 Å². The molecule has 0 spiro atoms. The standard InChI is InChI=1S/C15H17N3O/c1-10(13-7-5-4-6-8-13)18-15(19)14-9-16-12(3)17-11(14)2/h4-10H,1-3H3,(H,18,19)/t10-/m1/s1. The highest BCUT2D eigenvalue weighted by Crippen LogP contribution is 2.13. The molecule has 2 aromatic rings. The van der Waals surface area contributed by atoms with E-state index < -0.39 is 0 Å². The average Bonchev–Trinajstić information content (AvgIpc) is 2.39. The van der Waals surface area contributed by atoms with Crippen LogP contribution >= 0.6 is 0 Å². The summed E-state index contributed by atoms with van der Waals surface area (Å²) in [4.78, 5) is 20.4. The van der Waals surface area contributed by atoms with Crippen LogP contribution in [0, 0.1) is 13.8 Å². The van der Waals surface area contributed by atoms with Gasteiger partial charge < -0.3 is 5.32 Å². The molecule has 0 aliphatic rings. The Balaban J connectivity index is 2.13. The molecule has 98 valence electrons. The van der Waals surface area contributed by atoms with E-state index in [1.807, 2.05) is 44.2 Å². The molecule has 1 N–H and O–H groups in total. The topological polar surface area (TPSA) is 54.9 Å². The highest BCUT2D eigenvalue weighted by molar-refractivity contribution is 5.95. The van der Waals surface area contributed by atoms with E-state index in [4.69, 9.17) is 0 Å². The fraction of sp³-hybridized carbons (Fsp3) is 0.267. The average molecular weight is 255 g/mol. The highest BCUT2D eigenvalue weighted by atomic mass is 16.1. The molecule has 0 saturated heterocycles. The monoisotopic (exact) mass is 255 g/mol.